The average molecular weight is 94.1 g/mol. The second-order valence-electron chi connectivity index (χ2n) is 0.598. The minimum atomic E-state index is -0.968. The van der Waals surface area contributed by atoms with Crippen LogP contribution in [-0.4, -0.2) is 23.1 Å². The summed E-state index contributed by atoms with van der Waals surface area (Å²) in [5.74, 6) is -0.968. The molecule has 5 N–H and O–H groups in total. The van der Waals surface area contributed by atoms with Crippen LogP contribution in [0.1, 0.15) is 0 Å². The first kappa shape index (κ1) is 9.04. The number of hydrogen-bond acceptors (Lipinski definition) is 2. The van der Waals surface area contributed by atoms with E-state index in [1.165, 1.54) is 0 Å². The van der Waals surface area contributed by atoms with Crippen molar-refractivity contribution in [3.63, 3.8) is 0 Å². The normalized spacial score (nSPS) is 6.17. The van der Waals surface area contributed by atoms with E-state index in [9.17, 15) is 4.79 Å². The molecular formula is C2H7NO3. The van der Waals surface area contributed by atoms with Gasteiger partial charge < -0.3 is 16.3 Å². The molecule has 0 spiro atoms. The Balaban J connectivity index is 0. The van der Waals surface area contributed by atoms with Gasteiger partial charge in [0.1, 0.15) is 0 Å². The summed E-state index contributed by atoms with van der Waals surface area (Å²) in [5.41, 5.74) is 4.57. The van der Waals surface area contributed by atoms with Crippen LogP contribution in [0, 0.1) is 0 Å². The lowest BCUT2D eigenvalue weighted by Crippen LogP contribution is -2.10. The molecule has 0 saturated carbocycles. The first-order valence-corrected chi connectivity index (χ1v) is 1.19. The SMILES string of the molecule is NC[13C](=O)O.O. The molecule has 0 saturated heterocycles. The van der Waals surface area contributed by atoms with E-state index >= 15 is 0 Å². The molecule has 0 radical (unpaired) electrons. The lowest BCUT2D eigenvalue weighted by molar-refractivity contribution is -0.135. The standard InChI is InChI=1S/C2H5NO2.H2O/c3-1-2(4)5;/h1,3H2,(H,4,5);1H2/i2+1;. The molecule has 0 aromatic rings. The third-order valence-electron chi connectivity index (χ3n) is 0.175. The summed E-state index contributed by atoms with van der Waals surface area (Å²) < 4.78 is 0. The summed E-state index contributed by atoms with van der Waals surface area (Å²) >= 11 is 0. The van der Waals surface area contributed by atoms with Crippen LogP contribution in [0.15, 0.2) is 0 Å². The Hall–Kier alpha value is -0.610. The van der Waals surface area contributed by atoms with Gasteiger partial charge in [0.25, 0.3) is 0 Å². The van der Waals surface area contributed by atoms with Crippen LogP contribution in [-0.2, 0) is 4.79 Å². The molecular weight excluding hydrogens is 87.0 g/mol. The summed E-state index contributed by atoms with van der Waals surface area (Å²) in [6, 6.07) is 0. The lowest BCUT2D eigenvalue weighted by Gasteiger charge is -1.73. The molecule has 0 atom stereocenters. The van der Waals surface area contributed by atoms with E-state index in [4.69, 9.17) is 5.11 Å². The van der Waals surface area contributed by atoms with E-state index < -0.39 is 5.97 Å². The van der Waals surface area contributed by atoms with Gasteiger partial charge in [0.05, 0.1) is 6.54 Å². The molecule has 0 amide bonds. The Kier molecular flexibility index (Phi) is 6.61. The Labute approximate surface area is 34.9 Å². The van der Waals surface area contributed by atoms with Gasteiger partial charge >= 0.3 is 5.97 Å². The van der Waals surface area contributed by atoms with Crippen LogP contribution in [0.4, 0.5) is 0 Å². The molecule has 0 heterocycles. The van der Waals surface area contributed by atoms with E-state index in [1.807, 2.05) is 0 Å². The second-order valence-corrected chi connectivity index (χ2v) is 0.598. The number of aliphatic carboxylic acids is 1. The minimum Gasteiger partial charge on any atom is -0.480 e. The van der Waals surface area contributed by atoms with Crippen LogP contribution >= 0.6 is 0 Å². The molecule has 0 unspecified atom stereocenters. The van der Waals surface area contributed by atoms with Crippen molar-refractivity contribution in [1.29, 1.82) is 0 Å². The zero-order chi connectivity index (χ0) is 4.28. The van der Waals surface area contributed by atoms with Crippen LogP contribution in [0.25, 0.3) is 0 Å². The summed E-state index contributed by atoms with van der Waals surface area (Å²) in [6.07, 6.45) is 0. The van der Waals surface area contributed by atoms with Gasteiger partial charge in [0, 0.05) is 0 Å². The quantitative estimate of drug-likeness (QED) is 0.375. The maximum Gasteiger partial charge on any atom is 0.317 e. The number of rotatable bonds is 1. The maximum absolute atomic E-state index is 9.24. The predicted molar refractivity (Wildman–Crippen MR) is 20.3 cm³/mol. The highest BCUT2D eigenvalue weighted by Gasteiger charge is 1.81. The van der Waals surface area contributed by atoms with Gasteiger partial charge in [-0.3, -0.25) is 4.79 Å². The molecule has 0 aromatic heterocycles. The second kappa shape index (κ2) is 4.39. The maximum atomic E-state index is 9.24. The van der Waals surface area contributed by atoms with Crippen LogP contribution in [0.5, 0.6) is 0 Å². The zero-order valence-electron chi connectivity index (χ0n) is 3.14. The van der Waals surface area contributed by atoms with E-state index in [0.717, 1.165) is 0 Å². The Bertz CT molecular complexity index is 44.1. The van der Waals surface area contributed by atoms with Crippen molar-refractivity contribution in [1.82, 2.24) is 0 Å². The highest BCUT2D eigenvalue weighted by molar-refractivity contribution is 5.68. The van der Waals surface area contributed by atoms with Crippen LogP contribution in [0.3, 0.4) is 0 Å². The van der Waals surface area contributed by atoms with Gasteiger partial charge in [-0.1, -0.05) is 0 Å². The Morgan fingerprint density at radius 1 is 1.83 bits per heavy atom. The summed E-state index contributed by atoms with van der Waals surface area (Å²) in [7, 11) is 0. The van der Waals surface area contributed by atoms with Crippen LogP contribution in [0.2, 0.25) is 0 Å². The van der Waals surface area contributed by atoms with Gasteiger partial charge in [-0.15, -0.1) is 0 Å². The first-order chi connectivity index (χ1) is 2.27. The van der Waals surface area contributed by atoms with Crippen LogP contribution < -0.4 is 5.73 Å². The molecule has 0 aliphatic heterocycles. The molecule has 6 heavy (non-hydrogen) atoms. The molecule has 38 valence electrons. The summed E-state index contributed by atoms with van der Waals surface area (Å²) in [5, 5.41) is 7.60. The molecule has 0 aliphatic rings. The molecule has 0 rings (SSSR count). The number of carboxylic acids is 1. The number of nitrogens with two attached hydrogens (primary N) is 1. The van der Waals surface area contributed by atoms with E-state index in [1.54, 1.807) is 0 Å². The predicted octanol–water partition coefficient (Wildman–Crippen LogP) is -1.79. The highest BCUT2D eigenvalue weighted by atomic mass is 16.5. The van der Waals surface area contributed by atoms with Gasteiger partial charge in [0.2, 0.25) is 0 Å². The van der Waals surface area contributed by atoms with Crippen molar-refractivity contribution in [2.24, 2.45) is 5.73 Å². The first-order valence-electron chi connectivity index (χ1n) is 1.19. The van der Waals surface area contributed by atoms with Gasteiger partial charge in [-0.05, 0) is 0 Å². The topological polar surface area (TPSA) is 94.8 Å². The average Bonchev–Trinajstić information content (AvgIpc) is 1.38. The smallest absolute Gasteiger partial charge is 0.317 e. The van der Waals surface area contributed by atoms with Crippen molar-refractivity contribution in [3.8, 4) is 0 Å². The highest BCUT2D eigenvalue weighted by Crippen LogP contribution is 1.43. The van der Waals surface area contributed by atoms with Crippen molar-refractivity contribution in [2.45, 2.75) is 0 Å². The van der Waals surface area contributed by atoms with Crippen molar-refractivity contribution >= 4 is 5.97 Å². The molecule has 0 fully saturated rings. The third-order valence-corrected chi connectivity index (χ3v) is 0.175. The van der Waals surface area contributed by atoms with Crippen molar-refractivity contribution < 1.29 is 15.4 Å². The number of hydrogen-bond donors (Lipinski definition) is 2. The summed E-state index contributed by atoms with van der Waals surface area (Å²) in [6.45, 7) is -0.278. The molecule has 0 bridgehead atoms. The molecule has 0 aromatic carbocycles. The Morgan fingerprint density at radius 3 is 2.00 bits per heavy atom. The number of carbonyl (C=O) groups is 1. The fourth-order valence-electron chi connectivity index (χ4n) is 0. The van der Waals surface area contributed by atoms with Gasteiger partial charge in [-0.25, -0.2) is 0 Å². The van der Waals surface area contributed by atoms with Crippen molar-refractivity contribution in [3.05, 3.63) is 0 Å². The van der Waals surface area contributed by atoms with E-state index in [-0.39, 0.29) is 12.0 Å². The minimum absolute atomic E-state index is 0. The monoisotopic (exact) mass is 94.0 g/mol. The van der Waals surface area contributed by atoms with E-state index in [2.05, 4.69) is 5.73 Å². The van der Waals surface area contributed by atoms with Gasteiger partial charge in [0.15, 0.2) is 0 Å². The van der Waals surface area contributed by atoms with Crippen molar-refractivity contribution in [2.75, 3.05) is 6.54 Å². The fourth-order valence-corrected chi connectivity index (χ4v) is 0. The third kappa shape index (κ3) is 10.0. The largest absolute Gasteiger partial charge is 0.480 e. The molecule has 0 aliphatic carbocycles. The Morgan fingerprint density at radius 2 is 2.00 bits per heavy atom. The van der Waals surface area contributed by atoms with Gasteiger partial charge in [-0.2, -0.15) is 0 Å². The fraction of sp³-hybridized carbons (Fsp3) is 0.500. The number of carboxylic acid groups (broad SMARTS) is 1. The lowest BCUT2D eigenvalue weighted by atomic mass is 11.1. The molecule has 4 heteroatoms. The molecule has 4 nitrogen and oxygen atoms in total. The zero-order valence-corrected chi connectivity index (χ0v) is 3.14. The summed E-state index contributed by atoms with van der Waals surface area (Å²) in [4.78, 5) is 9.24. The van der Waals surface area contributed by atoms with E-state index in [0.29, 0.717) is 0 Å².